The van der Waals surface area contributed by atoms with E-state index >= 15 is 0 Å². The van der Waals surface area contributed by atoms with Gasteiger partial charge >= 0.3 is 15.6 Å². The first-order valence-electron chi connectivity index (χ1n) is 14.1. The normalized spacial score (nSPS) is 14.8. The second kappa shape index (κ2) is 12.4. The van der Waals surface area contributed by atoms with Crippen LogP contribution < -0.4 is 19.8 Å². The van der Waals surface area contributed by atoms with E-state index in [1.165, 1.54) is 12.1 Å². The van der Waals surface area contributed by atoms with Crippen molar-refractivity contribution in [2.24, 2.45) is 0 Å². The van der Waals surface area contributed by atoms with Crippen LogP contribution in [-0.4, -0.2) is 38.3 Å². The summed E-state index contributed by atoms with van der Waals surface area (Å²) in [6.07, 6.45) is 3.28. The maximum atomic E-state index is 13.5. The van der Waals surface area contributed by atoms with Gasteiger partial charge in [0.25, 0.3) is 0 Å². The summed E-state index contributed by atoms with van der Waals surface area (Å²) >= 11 is 6.18. The van der Waals surface area contributed by atoms with Gasteiger partial charge in [-0.3, -0.25) is 9.59 Å². The first-order chi connectivity index (χ1) is 21.2. The summed E-state index contributed by atoms with van der Waals surface area (Å²) in [5.74, 6) is -0.289. The Morgan fingerprint density at radius 3 is 2.47 bits per heavy atom. The Morgan fingerprint density at radius 1 is 1.09 bits per heavy atom. The average molecular weight is 664 g/mol. The summed E-state index contributed by atoms with van der Waals surface area (Å²) in [7, 11) is -6.06. The third kappa shape index (κ3) is 6.50. The molecule has 1 aliphatic heterocycles. The number of hydrogen-bond acceptors (Lipinski definition) is 9. The SMILES string of the molecule is Cc1cc(C(C)Nc2ccc(Cl)nc2-c2ccc(C=O)c(OS(=O)(=O)C(F)(F)F)c2)c2oc(N3CCCCC3)c(C)c(=O)c2c1. The topological polar surface area (TPSA) is 119 Å². The van der Waals surface area contributed by atoms with Crippen molar-refractivity contribution in [3.63, 3.8) is 0 Å². The number of halogens is 4. The Kier molecular flexibility index (Phi) is 8.87. The predicted molar refractivity (Wildman–Crippen MR) is 166 cm³/mol. The van der Waals surface area contributed by atoms with E-state index < -0.39 is 33.0 Å². The molecule has 2 aromatic carbocycles. The van der Waals surface area contributed by atoms with Crippen molar-refractivity contribution in [2.75, 3.05) is 23.3 Å². The molecule has 45 heavy (non-hydrogen) atoms. The average Bonchev–Trinajstić information content (AvgIpc) is 2.99. The van der Waals surface area contributed by atoms with E-state index in [1.807, 2.05) is 19.9 Å². The Bertz CT molecular complexity index is 1960. The number of carbonyl (C=O) groups excluding carboxylic acids is 1. The summed E-state index contributed by atoms with van der Waals surface area (Å²) in [5, 5.41) is 3.80. The van der Waals surface area contributed by atoms with Gasteiger partial charge in [0.15, 0.2) is 17.5 Å². The summed E-state index contributed by atoms with van der Waals surface area (Å²) < 4.78 is 73.3. The second-order valence-electron chi connectivity index (χ2n) is 10.9. The summed E-state index contributed by atoms with van der Waals surface area (Å²) in [6.45, 7) is 7.03. The summed E-state index contributed by atoms with van der Waals surface area (Å²) in [4.78, 5) is 31.4. The molecule has 1 aliphatic rings. The van der Waals surface area contributed by atoms with Crippen LogP contribution in [0.15, 0.2) is 51.7 Å². The highest BCUT2D eigenvalue weighted by Crippen LogP contribution is 2.37. The molecule has 2 aromatic heterocycles. The molecule has 1 saturated heterocycles. The molecule has 1 atom stereocenters. The smallest absolute Gasteiger partial charge is 0.440 e. The minimum atomic E-state index is -6.06. The van der Waals surface area contributed by atoms with Crippen molar-refractivity contribution in [3.05, 3.63) is 80.1 Å². The quantitative estimate of drug-likeness (QED) is 0.0894. The first-order valence-corrected chi connectivity index (χ1v) is 15.8. The number of piperidine rings is 1. The monoisotopic (exact) mass is 663 g/mol. The number of nitrogens with zero attached hydrogens (tertiary/aromatic N) is 2. The number of fused-ring (bicyclic) bond motifs is 1. The number of aryl methyl sites for hydroxylation is 1. The van der Waals surface area contributed by atoms with Gasteiger partial charge in [-0.2, -0.15) is 21.6 Å². The van der Waals surface area contributed by atoms with Crippen LogP contribution in [0.4, 0.5) is 24.7 Å². The lowest BCUT2D eigenvalue weighted by Gasteiger charge is -2.29. The van der Waals surface area contributed by atoms with Gasteiger partial charge in [0, 0.05) is 24.2 Å². The van der Waals surface area contributed by atoms with Crippen molar-refractivity contribution in [3.8, 4) is 17.0 Å². The minimum absolute atomic E-state index is 0.0432. The molecular formula is C31H29ClF3N3O6S. The molecule has 1 unspecified atom stereocenters. The van der Waals surface area contributed by atoms with Crippen molar-refractivity contribution in [2.45, 2.75) is 51.6 Å². The number of pyridine rings is 1. The molecule has 0 radical (unpaired) electrons. The summed E-state index contributed by atoms with van der Waals surface area (Å²) in [5.41, 5.74) is -3.16. The van der Waals surface area contributed by atoms with Crippen molar-refractivity contribution in [1.29, 1.82) is 0 Å². The lowest BCUT2D eigenvalue weighted by atomic mass is 9.99. The number of benzene rings is 2. The van der Waals surface area contributed by atoms with Gasteiger partial charge < -0.3 is 18.8 Å². The van der Waals surface area contributed by atoms with Gasteiger partial charge in [-0.1, -0.05) is 23.7 Å². The van der Waals surface area contributed by atoms with E-state index in [-0.39, 0.29) is 28.1 Å². The van der Waals surface area contributed by atoms with Gasteiger partial charge in [-0.15, -0.1) is 0 Å². The van der Waals surface area contributed by atoms with Crippen LogP contribution in [0.25, 0.3) is 22.2 Å². The predicted octanol–water partition coefficient (Wildman–Crippen LogP) is 7.33. The fourth-order valence-electron chi connectivity index (χ4n) is 5.38. The van der Waals surface area contributed by atoms with Gasteiger partial charge in [0.1, 0.15) is 10.7 Å². The lowest BCUT2D eigenvalue weighted by Crippen LogP contribution is -2.31. The largest absolute Gasteiger partial charge is 0.534 e. The highest BCUT2D eigenvalue weighted by Gasteiger charge is 2.48. The molecule has 5 rings (SSSR count). The highest BCUT2D eigenvalue weighted by molar-refractivity contribution is 7.88. The zero-order chi connectivity index (χ0) is 32.7. The maximum absolute atomic E-state index is 13.5. The molecule has 4 aromatic rings. The van der Waals surface area contributed by atoms with Gasteiger partial charge in [0.2, 0.25) is 5.88 Å². The Balaban J connectivity index is 1.58. The molecule has 0 aliphatic carbocycles. The van der Waals surface area contributed by atoms with E-state index in [2.05, 4.69) is 19.4 Å². The number of anilines is 2. The Morgan fingerprint density at radius 2 is 1.80 bits per heavy atom. The zero-order valence-corrected chi connectivity index (χ0v) is 26.1. The molecule has 0 amide bonds. The fraction of sp³-hybridized carbons (Fsp3) is 0.323. The third-order valence-electron chi connectivity index (χ3n) is 7.61. The maximum Gasteiger partial charge on any atom is 0.534 e. The number of rotatable bonds is 8. The van der Waals surface area contributed by atoms with Crippen molar-refractivity contribution < 1.29 is 35.0 Å². The van der Waals surface area contributed by atoms with Crippen LogP contribution in [0.1, 0.15) is 59.3 Å². The number of hydrogen-bond donors (Lipinski definition) is 1. The molecule has 0 spiro atoms. The molecule has 238 valence electrons. The molecule has 14 heteroatoms. The molecule has 0 saturated carbocycles. The summed E-state index contributed by atoms with van der Waals surface area (Å²) in [6, 6.07) is 9.74. The third-order valence-corrected chi connectivity index (χ3v) is 8.78. The first kappa shape index (κ1) is 32.3. The zero-order valence-electron chi connectivity index (χ0n) is 24.5. The van der Waals surface area contributed by atoms with Crippen molar-refractivity contribution >= 4 is 50.5 Å². The Labute approximate surface area is 262 Å². The molecule has 1 fully saturated rings. The van der Waals surface area contributed by atoms with Crippen LogP contribution >= 0.6 is 11.6 Å². The number of nitrogens with one attached hydrogen (secondary N) is 1. The van der Waals surface area contributed by atoms with Gasteiger partial charge in [-0.05, 0) is 75.9 Å². The highest BCUT2D eigenvalue weighted by atomic mass is 35.5. The van der Waals surface area contributed by atoms with E-state index in [0.29, 0.717) is 33.7 Å². The molecule has 9 nitrogen and oxygen atoms in total. The van der Waals surface area contributed by atoms with Crippen molar-refractivity contribution in [1.82, 2.24) is 4.98 Å². The minimum Gasteiger partial charge on any atom is -0.440 e. The number of aromatic nitrogens is 1. The van der Waals surface area contributed by atoms with E-state index in [1.54, 1.807) is 19.1 Å². The number of aldehydes is 1. The lowest BCUT2D eigenvalue weighted by molar-refractivity contribution is -0.0500. The van der Waals surface area contributed by atoms with E-state index in [4.69, 9.17) is 16.0 Å². The fourth-order valence-corrected chi connectivity index (χ4v) is 6.00. The molecule has 1 N–H and O–H groups in total. The molecule has 0 bridgehead atoms. The van der Waals surface area contributed by atoms with Crippen LogP contribution in [-0.2, 0) is 10.1 Å². The Hall–Kier alpha value is -4.10. The van der Waals surface area contributed by atoms with Gasteiger partial charge in [-0.25, -0.2) is 4.98 Å². The van der Waals surface area contributed by atoms with Crippen LogP contribution in [0.2, 0.25) is 5.15 Å². The standard InChI is InChI=1S/C31H29ClF3N3O6S/c1-17-13-22(29-23(14-17)28(40)18(2)30(43-29)38-11-5-4-6-12-38)19(3)36-24-9-10-26(32)37-27(24)20-7-8-21(16-39)25(15-20)44-45(41,42)31(33,34)35/h7-10,13-16,19,36H,4-6,11-12H2,1-3H3. The molecular weight excluding hydrogens is 635 g/mol. The van der Waals surface area contributed by atoms with Crippen LogP contribution in [0.5, 0.6) is 5.75 Å². The van der Waals surface area contributed by atoms with E-state index in [9.17, 15) is 31.2 Å². The van der Waals surface area contributed by atoms with Crippen LogP contribution in [0.3, 0.4) is 0 Å². The van der Waals surface area contributed by atoms with Crippen LogP contribution in [0, 0.1) is 13.8 Å². The number of carbonyl (C=O) groups is 1. The molecule has 3 heterocycles. The second-order valence-corrected chi connectivity index (χ2v) is 12.8. The number of alkyl halides is 3. The van der Waals surface area contributed by atoms with Gasteiger partial charge in [0.05, 0.1) is 33.9 Å². The van der Waals surface area contributed by atoms with E-state index in [0.717, 1.165) is 50.0 Å².